The molecule has 23 heavy (non-hydrogen) atoms. The first-order valence-electron chi connectivity index (χ1n) is 7.38. The zero-order valence-electron chi connectivity index (χ0n) is 12.8. The van der Waals surface area contributed by atoms with Crippen LogP contribution in [0.3, 0.4) is 0 Å². The third kappa shape index (κ3) is 4.70. The molecule has 1 aliphatic carbocycles. The Balaban J connectivity index is 1.85. The standard InChI is InChI=1S/C16H19NO6/c1-22-16(21)14(18)17-11-4-8-13(9-5-11)23-12-6-2-10(3-7-12)15(19)20/h4-5,8-10,12H,2-3,6-7H2,1H3,(H,17,18)(H,19,20). The van der Waals surface area contributed by atoms with Crippen molar-refractivity contribution in [3.63, 3.8) is 0 Å². The van der Waals surface area contributed by atoms with Crippen molar-refractivity contribution >= 4 is 23.5 Å². The van der Waals surface area contributed by atoms with E-state index < -0.39 is 17.8 Å². The van der Waals surface area contributed by atoms with E-state index in [-0.39, 0.29) is 12.0 Å². The van der Waals surface area contributed by atoms with Crippen LogP contribution in [0.1, 0.15) is 25.7 Å². The molecule has 0 aromatic heterocycles. The number of hydrogen-bond acceptors (Lipinski definition) is 5. The number of benzene rings is 1. The molecule has 1 amide bonds. The molecular formula is C16H19NO6. The number of nitrogens with one attached hydrogen (secondary N) is 1. The summed E-state index contributed by atoms with van der Waals surface area (Å²) in [6.07, 6.45) is 2.65. The first kappa shape index (κ1) is 16.8. The van der Waals surface area contributed by atoms with Gasteiger partial charge >= 0.3 is 17.8 Å². The summed E-state index contributed by atoms with van der Waals surface area (Å²) in [6, 6.07) is 6.63. The third-order valence-corrected chi connectivity index (χ3v) is 3.81. The average molecular weight is 321 g/mol. The lowest BCUT2D eigenvalue weighted by Crippen LogP contribution is -2.27. The predicted molar refractivity (Wildman–Crippen MR) is 81.1 cm³/mol. The van der Waals surface area contributed by atoms with Gasteiger partial charge in [-0.3, -0.25) is 9.59 Å². The molecular weight excluding hydrogens is 302 g/mol. The number of aliphatic carboxylic acids is 1. The quantitative estimate of drug-likeness (QED) is 0.648. The summed E-state index contributed by atoms with van der Waals surface area (Å²) in [5.74, 6) is -2.17. The van der Waals surface area contributed by atoms with Gasteiger partial charge in [-0.05, 0) is 49.9 Å². The van der Waals surface area contributed by atoms with Crippen molar-refractivity contribution in [1.29, 1.82) is 0 Å². The zero-order chi connectivity index (χ0) is 16.8. The number of methoxy groups -OCH3 is 1. The number of carbonyl (C=O) groups excluding carboxylic acids is 2. The Hall–Kier alpha value is -2.57. The predicted octanol–water partition coefficient (Wildman–Crippen LogP) is 1.82. The molecule has 0 atom stereocenters. The normalized spacial score (nSPS) is 20.4. The Labute approximate surface area is 133 Å². The molecule has 1 aromatic carbocycles. The maximum atomic E-state index is 11.4. The van der Waals surface area contributed by atoms with Gasteiger partial charge in [0.2, 0.25) is 0 Å². The van der Waals surface area contributed by atoms with E-state index in [4.69, 9.17) is 9.84 Å². The van der Waals surface area contributed by atoms with Gasteiger partial charge in [0.05, 0.1) is 19.1 Å². The van der Waals surface area contributed by atoms with Crippen LogP contribution in [0.15, 0.2) is 24.3 Å². The number of hydrogen-bond donors (Lipinski definition) is 2. The fourth-order valence-electron chi connectivity index (χ4n) is 2.51. The highest BCUT2D eigenvalue weighted by Crippen LogP contribution is 2.28. The lowest BCUT2D eigenvalue weighted by molar-refractivity contribution is -0.150. The van der Waals surface area contributed by atoms with Gasteiger partial charge < -0.3 is 19.9 Å². The molecule has 1 fully saturated rings. The molecule has 0 aliphatic heterocycles. The highest BCUT2D eigenvalue weighted by molar-refractivity contribution is 6.37. The van der Waals surface area contributed by atoms with Crippen LogP contribution in [0.2, 0.25) is 0 Å². The van der Waals surface area contributed by atoms with E-state index in [1.165, 1.54) is 0 Å². The van der Waals surface area contributed by atoms with E-state index in [2.05, 4.69) is 10.1 Å². The van der Waals surface area contributed by atoms with Gasteiger partial charge in [-0.1, -0.05) is 0 Å². The summed E-state index contributed by atoms with van der Waals surface area (Å²) < 4.78 is 10.1. The van der Waals surface area contributed by atoms with Crippen LogP contribution < -0.4 is 10.1 Å². The van der Waals surface area contributed by atoms with Gasteiger partial charge in [0, 0.05) is 5.69 Å². The van der Waals surface area contributed by atoms with Crippen molar-refractivity contribution < 1.29 is 29.0 Å². The number of rotatable bonds is 4. The molecule has 0 spiro atoms. The van der Waals surface area contributed by atoms with Gasteiger partial charge in [-0.2, -0.15) is 0 Å². The minimum atomic E-state index is -0.958. The number of carboxylic acid groups (broad SMARTS) is 1. The molecule has 0 saturated heterocycles. The van der Waals surface area contributed by atoms with Crippen LogP contribution in [-0.4, -0.2) is 36.2 Å². The lowest BCUT2D eigenvalue weighted by Gasteiger charge is -2.26. The fraction of sp³-hybridized carbons (Fsp3) is 0.438. The van der Waals surface area contributed by atoms with Crippen molar-refractivity contribution in [3.05, 3.63) is 24.3 Å². The molecule has 0 radical (unpaired) electrons. The number of carbonyl (C=O) groups is 3. The molecule has 7 heteroatoms. The van der Waals surface area contributed by atoms with E-state index >= 15 is 0 Å². The second kappa shape index (κ2) is 7.62. The Morgan fingerprint density at radius 2 is 1.70 bits per heavy atom. The molecule has 1 aliphatic rings. The minimum Gasteiger partial charge on any atom is -0.490 e. The number of anilines is 1. The van der Waals surface area contributed by atoms with Gasteiger partial charge in [0.25, 0.3) is 0 Å². The van der Waals surface area contributed by atoms with Crippen LogP contribution in [0.25, 0.3) is 0 Å². The molecule has 124 valence electrons. The van der Waals surface area contributed by atoms with Crippen LogP contribution in [-0.2, 0) is 19.1 Å². The Bertz CT molecular complexity index is 575. The smallest absolute Gasteiger partial charge is 0.396 e. The van der Waals surface area contributed by atoms with Crippen molar-refractivity contribution in [1.82, 2.24) is 0 Å². The Morgan fingerprint density at radius 3 is 2.22 bits per heavy atom. The van der Waals surface area contributed by atoms with Gasteiger partial charge in [0.15, 0.2) is 0 Å². The van der Waals surface area contributed by atoms with E-state index in [1.54, 1.807) is 24.3 Å². The maximum Gasteiger partial charge on any atom is 0.396 e. The van der Waals surface area contributed by atoms with Crippen molar-refractivity contribution in [2.75, 3.05) is 12.4 Å². The van der Waals surface area contributed by atoms with E-state index in [0.29, 0.717) is 37.1 Å². The summed E-state index contributed by atoms with van der Waals surface area (Å²) in [7, 11) is 1.14. The SMILES string of the molecule is COC(=O)C(=O)Nc1ccc(OC2CCC(C(=O)O)CC2)cc1. The molecule has 2 N–H and O–H groups in total. The van der Waals surface area contributed by atoms with Crippen molar-refractivity contribution in [2.45, 2.75) is 31.8 Å². The van der Waals surface area contributed by atoms with Crippen LogP contribution >= 0.6 is 0 Å². The Morgan fingerprint density at radius 1 is 1.09 bits per heavy atom. The summed E-state index contributed by atoms with van der Waals surface area (Å²) in [6.45, 7) is 0. The minimum absolute atomic E-state index is 0.00103. The van der Waals surface area contributed by atoms with Crippen molar-refractivity contribution in [2.24, 2.45) is 5.92 Å². The number of carboxylic acids is 1. The molecule has 1 aromatic rings. The summed E-state index contributed by atoms with van der Waals surface area (Å²) in [4.78, 5) is 33.3. The summed E-state index contributed by atoms with van der Waals surface area (Å²) in [5, 5.41) is 11.4. The first-order chi connectivity index (χ1) is 11.0. The summed E-state index contributed by atoms with van der Waals surface area (Å²) in [5.41, 5.74) is 0.460. The van der Waals surface area contributed by atoms with Crippen LogP contribution in [0.4, 0.5) is 5.69 Å². The fourth-order valence-corrected chi connectivity index (χ4v) is 2.51. The Kier molecular flexibility index (Phi) is 5.56. The number of esters is 1. The largest absolute Gasteiger partial charge is 0.490 e. The second-order valence-electron chi connectivity index (χ2n) is 5.40. The van der Waals surface area contributed by atoms with Crippen LogP contribution in [0.5, 0.6) is 5.75 Å². The molecule has 1 saturated carbocycles. The molecule has 0 heterocycles. The lowest BCUT2D eigenvalue weighted by atomic mass is 9.87. The monoisotopic (exact) mass is 321 g/mol. The molecule has 0 unspecified atom stereocenters. The van der Waals surface area contributed by atoms with Gasteiger partial charge in [-0.15, -0.1) is 0 Å². The topological polar surface area (TPSA) is 102 Å². The first-order valence-corrected chi connectivity index (χ1v) is 7.38. The second-order valence-corrected chi connectivity index (χ2v) is 5.40. The van der Waals surface area contributed by atoms with E-state index in [9.17, 15) is 14.4 Å². The average Bonchev–Trinajstić information content (AvgIpc) is 2.56. The van der Waals surface area contributed by atoms with Crippen LogP contribution in [0, 0.1) is 5.92 Å². The van der Waals surface area contributed by atoms with Gasteiger partial charge in [0.1, 0.15) is 5.75 Å². The number of ether oxygens (including phenoxy) is 2. The maximum absolute atomic E-state index is 11.4. The molecule has 2 rings (SSSR count). The van der Waals surface area contributed by atoms with E-state index in [1.807, 2.05) is 0 Å². The van der Waals surface area contributed by atoms with E-state index in [0.717, 1.165) is 7.11 Å². The van der Waals surface area contributed by atoms with Crippen molar-refractivity contribution in [3.8, 4) is 5.75 Å². The highest BCUT2D eigenvalue weighted by Gasteiger charge is 2.26. The third-order valence-electron chi connectivity index (χ3n) is 3.81. The van der Waals surface area contributed by atoms with Gasteiger partial charge in [-0.25, -0.2) is 4.79 Å². The zero-order valence-corrected chi connectivity index (χ0v) is 12.8. The highest BCUT2D eigenvalue weighted by atomic mass is 16.5. The number of amides is 1. The summed E-state index contributed by atoms with van der Waals surface area (Å²) >= 11 is 0. The molecule has 7 nitrogen and oxygen atoms in total. The molecule has 0 bridgehead atoms.